The average Bonchev–Trinajstić information content (AvgIpc) is 2.47. The van der Waals surface area contributed by atoms with Crippen molar-refractivity contribution < 1.29 is 13.2 Å². The minimum Gasteiger partial charge on any atom is -0.492 e. The molecule has 128 valence electrons. The number of sulfonamides is 1. The van der Waals surface area contributed by atoms with E-state index in [0.29, 0.717) is 42.9 Å². The third-order valence-corrected chi connectivity index (χ3v) is 6.90. The van der Waals surface area contributed by atoms with Crippen LogP contribution in [0, 0.1) is 5.92 Å². The minimum absolute atomic E-state index is 0.0905. The molecule has 0 aromatic heterocycles. The van der Waals surface area contributed by atoms with Gasteiger partial charge in [0, 0.05) is 30.7 Å². The van der Waals surface area contributed by atoms with Crippen LogP contribution in [-0.4, -0.2) is 45.0 Å². The van der Waals surface area contributed by atoms with E-state index in [2.05, 4.69) is 5.32 Å². The minimum atomic E-state index is -3.62. The fourth-order valence-corrected chi connectivity index (χ4v) is 5.00. The summed E-state index contributed by atoms with van der Waals surface area (Å²) in [5.41, 5.74) is 0. The van der Waals surface area contributed by atoms with E-state index in [9.17, 15) is 8.42 Å². The molecule has 1 unspecified atom stereocenters. The molecule has 1 atom stereocenters. The quantitative estimate of drug-likeness (QED) is 0.878. The van der Waals surface area contributed by atoms with Crippen molar-refractivity contribution in [2.45, 2.75) is 37.1 Å². The molecule has 1 aromatic rings. The van der Waals surface area contributed by atoms with Crippen LogP contribution >= 0.6 is 11.6 Å². The molecule has 0 radical (unpaired) electrons. The van der Waals surface area contributed by atoms with Crippen molar-refractivity contribution in [3.63, 3.8) is 0 Å². The summed E-state index contributed by atoms with van der Waals surface area (Å²) in [5, 5.41) is 3.61. The molecule has 23 heavy (non-hydrogen) atoms. The highest BCUT2D eigenvalue weighted by molar-refractivity contribution is 7.89. The standard InChI is InChI=1S/C16H23ClN2O3S/c1-12-10-18-7-8-19(12)23(20,21)16-9-14(17)5-6-15(16)22-11-13-3-2-4-13/h5-6,9,12-13,18H,2-4,7-8,10-11H2,1H3. The second kappa shape index (κ2) is 6.97. The van der Waals surface area contributed by atoms with E-state index in [0.717, 1.165) is 12.8 Å². The van der Waals surface area contributed by atoms with Crippen LogP contribution in [0.4, 0.5) is 0 Å². The lowest BCUT2D eigenvalue weighted by atomic mass is 9.86. The molecule has 2 aliphatic rings. The predicted molar refractivity (Wildman–Crippen MR) is 90.5 cm³/mol. The molecular weight excluding hydrogens is 336 g/mol. The van der Waals surface area contributed by atoms with Gasteiger partial charge in [0.25, 0.3) is 0 Å². The Hall–Kier alpha value is -0.820. The Morgan fingerprint density at radius 2 is 2.17 bits per heavy atom. The Labute approximate surface area is 143 Å². The van der Waals surface area contributed by atoms with E-state index in [4.69, 9.17) is 16.3 Å². The highest BCUT2D eigenvalue weighted by atomic mass is 35.5. The molecule has 1 aliphatic carbocycles. The first-order valence-electron chi connectivity index (χ1n) is 8.13. The van der Waals surface area contributed by atoms with Gasteiger partial charge in [0.1, 0.15) is 10.6 Å². The highest BCUT2D eigenvalue weighted by Crippen LogP contribution is 2.33. The maximum absolute atomic E-state index is 13.1. The van der Waals surface area contributed by atoms with E-state index in [1.807, 2.05) is 6.92 Å². The van der Waals surface area contributed by atoms with Crippen LogP contribution in [0.3, 0.4) is 0 Å². The van der Waals surface area contributed by atoms with Crippen LogP contribution in [0.1, 0.15) is 26.2 Å². The second-order valence-corrected chi connectivity index (χ2v) is 8.66. The molecule has 0 spiro atoms. The number of nitrogens with zero attached hydrogens (tertiary/aromatic N) is 1. The number of piperazine rings is 1. The molecule has 0 amide bonds. The van der Waals surface area contributed by atoms with Gasteiger partial charge < -0.3 is 10.1 Å². The molecular formula is C16H23ClN2O3S. The Balaban J connectivity index is 1.87. The summed E-state index contributed by atoms with van der Waals surface area (Å²) in [6.45, 7) is 4.24. The molecule has 3 rings (SSSR count). The van der Waals surface area contributed by atoms with E-state index >= 15 is 0 Å². The zero-order valence-electron chi connectivity index (χ0n) is 13.3. The Morgan fingerprint density at radius 1 is 1.39 bits per heavy atom. The number of hydrogen-bond acceptors (Lipinski definition) is 4. The summed E-state index contributed by atoms with van der Waals surface area (Å²) in [6.07, 6.45) is 3.55. The summed E-state index contributed by atoms with van der Waals surface area (Å²) in [7, 11) is -3.62. The van der Waals surface area contributed by atoms with Crippen molar-refractivity contribution >= 4 is 21.6 Å². The zero-order valence-corrected chi connectivity index (χ0v) is 14.9. The lowest BCUT2D eigenvalue weighted by molar-refractivity contribution is 0.177. The van der Waals surface area contributed by atoms with Crippen molar-refractivity contribution in [3.05, 3.63) is 23.2 Å². The van der Waals surface area contributed by atoms with Gasteiger partial charge in [-0.15, -0.1) is 0 Å². The fourth-order valence-electron chi connectivity index (χ4n) is 2.98. The molecule has 1 aromatic carbocycles. The first-order chi connectivity index (χ1) is 11.0. The highest BCUT2D eigenvalue weighted by Gasteiger charge is 2.33. The molecule has 1 heterocycles. The van der Waals surface area contributed by atoms with Crippen molar-refractivity contribution in [2.24, 2.45) is 5.92 Å². The molecule has 7 heteroatoms. The second-order valence-electron chi connectivity index (χ2n) is 6.37. The Bertz CT molecular complexity index is 661. The fraction of sp³-hybridized carbons (Fsp3) is 0.625. The van der Waals surface area contributed by atoms with Crippen molar-refractivity contribution in [1.29, 1.82) is 0 Å². The van der Waals surface area contributed by atoms with Gasteiger partial charge in [0.05, 0.1) is 6.61 Å². The largest absolute Gasteiger partial charge is 0.492 e. The summed E-state index contributed by atoms with van der Waals surface area (Å²) >= 11 is 6.05. The van der Waals surface area contributed by atoms with Crippen LogP contribution in [0.25, 0.3) is 0 Å². The average molecular weight is 359 g/mol. The van der Waals surface area contributed by atoms with Gasteiger partial charge >= 0.3 is 0 Å². The zero-order chi connectivity index (χ0) is 16.4. The van der Waals surface area contributed by atoms with E-state index in [-0.39, 0.29) is 10.9 Å². The van der Waals surface area contributed by atoms with Gasteiger partial charge in [-0.1, -0.05) is 18.0 Å². The van der Waals surface area contributed by atoms with Crippen LogP contribution in [-0.2, 0) is 10.0 Å². The monoisotopic (exact) mass is 358 g/mol. The third-order valence-electron chi connectivity index (χ3n) is 4.63. The summed E-state index contributed by atoms with van der Waals surface area (Å²) in [5.74, 6) is 0.950. The first-order valence-corrected chi connectivity index (χ1v) is 9.95. The lowest BCUT2D eigenvalue weighted by Crippen LogP contribution is -2.52. The normalized spacial score (nSPS) is 23.5. The molecule has 1 saturated carbocycles. The van der Waals surface area contributed by atoms with Gasteiger partial charge in [-0.25, -0.2) is 8.42 Å². The number of nitrogens with one attached hydrogen (secondary N) is 1. The summed E-state index contributed by atoms with van der Waals surface area (Å²) < 4.78 is 33.5. The van der Waals surface area contributed by atoms with E-state index < -0.39 is 10.0 Å². The van der Waals surface area contributed by atoms with Gasteiger partial charge in [-0.3, -0.25) is 0 Å². The van der Waals surface area contributed by atoms with Crippen LogP contribution in [0.2, 0.25) is 5.02 Å². The number of ether oxygens (including phenoxy) is 1. The maximum Gasteiger partial charge on any atom is 0.247 e. The van der Waals surface area contributed by atoms with E-state index in [1.54, 1.807) is 12.1 Å². The first kappa shape index (κ1) is 17.0. The maximum atomic E-state index is 13.1. The Kier molecular flexibility index (Phi) is 5.16. The topological polar surface area (TPSA) is 58.6 Å². The van der Waals surface area contributed by atoms with Gasteiger partial charge in [-0.2, -0.15) is 4.31 Å². The molecule has 1 saturated heterocycles. The predicted octanol–water partition coefficient (Wildman–Crippen LogP) is 2.50. The molecule has 1 aliphatic heterocycles. The number of halogens is 1. The van der Waals surface area contributed by atoms with Crippen LogP contribution in [0.15, 0.2) is 23.1 Å². The van der Waals surface area contributed by atoms with Crippen molar-refractivity contribution in [2.75, 3.05) is 26.2 Å². The molecule has 1 N–H and O–H groups in total. The summed E-state index contributed by atoms with van der Waals surface area (Å²) in [6, 6.07) is 4.76. The van der Waals surface area contributed by atoms with Gasteiger partial charge in [0.15, 0.2) is 0 Å². The molecule has 5 nitrogen and oxygen atoms in total. The smallest absolute Gasteiger partial charge is 0.247 e. The SMILES string of the molecule is CC1CNCCN1S(=O)(=O)c1cc(Cl)ccc1OCC1CCC1. The molecule has 2 fully saturated rings. The number of rotatable bonds is 5. The van der Waals surface area contributed by atoms with Crippen LogP contribution < -0.4 is 10.1 Å². The van der Waals surface area contributed by atoms with Crippen molar-refractivity contribution in [3.8, 4) is 5.75 Å². The summed E-state index contributed by atoms with van der Waals surface area (Å²) in [4.78, 5) is 0.179. The Morgan fingerprint density at radius 3 is 2.83 bits per heavy atom. The number of hydrogen-bond donors (Lipinski definition) is 1. The van der Waals surface area contributed by atoms with E-state index in [1.165, 1.54) is 16.8 Å². The van der Waals surface area contributed by atoms with Crippen LogP contribution in [0.5, 0.6) is 5.75 Å². The van der Waals surface area contributed by atoms with Gasteiger partial charge in [-0.05, 0) is 43.9 Å². The van der Waals surface area contributed by atoms with Crippen molar-refractivity contribution in [1.82, 2.24) is 9.62 Å². The number of benzene rings is 1. The lowest BCUT2D eigenvalue weighted by Gasteiger charge is -2.33. The van der Waals surface area contributed by atoms with Gasteiger partial charge in [0.2, 0.25) is 10.0 Å². The molecule has 0 bridgehead atoms. The third kappa shape index (κ3) is 3.65.